The van der Waals surface area contributed by atoms with Gasteiger partial charge in [0, 0.05) is 0 Å². The molecule has 0 bridgehead atoms. The standard InChI is InChI=1S/C24H19N9O/c25-11-14-5-4-8-17-18(14)23(34)33(15-6-2-1-3-7-15)22(29-17)19(13-9-10-13)30-21-16(12-26)20(27)31-24(28)32-21/h1-8,13,19H,9-10H2,(H5,27,28,30,31,32). The fourth-order valence-corrected chi connectivity index (χ4v) is 4.06. The van der Waals surface area contributed by atoms with Crippen LogP contribution in [0, 0.1) is 28.6 Å². The van der Waals surface area contributed by atoms with E-state index in [0.29, 0.717) is 17.0 Å². The molecule has 0 aliphatic heterocycles. The van der Waals surface area contributed by atoms with Crippen LogP contribution >= 0.6 is 0 Å². The molecule has 5 rings (SSSR count). The van der Waals surface area contributed by atoms with Crippen molar-refractivity contribution in [2.75, 3.05) is 16.8 Å². The molecule has 4 aromatic rings. The van der Waals surface area contributed by atoms with Gasteiger partial charge in [0.1, 0.15) is 29.3 Å². The molecule has 1 saturated carbocycles. The van der Waals surface area contributed by atoms with Crippen molar-refractivity contribution in [2.45, 2.75) is 18.9 Å². The van der Waals surface area contributed by atoms with E-state index in [1.807, 2.05) is 24.3 Å². The van der Waals surface area contributed by atoms with Crippen molar-refractivity contribution in [3.63, 3.8) is 0 Å². The third-order valence-electron chi connectivity index (χ3n) is 5.79. The van der Waals surface area contributed by atoms with Gasteiger partial charge in [0.2, 0.25) is 5.95 Å². The van der Waals surface area contributed by atoms with Gasteiger partial charge in [-0.2, -0.15) is 20.5 Å². The summed E-state index contributed by atoms with van der Waals surface area (Å²) in [5, 5.41) is 22.7. The molecule has 2 aromatic heterocycles. The first-order valence-corrected chi connectivity index (χ1v) is 10.6. The van der Waals surface area contributed by atoms with Crippen LogP contribution < -0.4 is 22.3 Å². The number of anilines is 3. The SMILES string of the molecule is N#Cc1c(N)nc(N)nc1NC(c1nc2cccc(C#N)c2c(=O)n1-c1ccccc1)C1CC1. The van der Waals surface area contributed by atoms with Crippen LogP contribution in [0.3, 0.4) is 0 Å². The molecule has 0 spiro atoms. The molecule has 0 amide bonds. The Labute approximate surface area is 194 Å². The summed E-state index contributed by atoms with van der Waals surface area (Å²) in [6.07, 6.45) is 1.80. The van der Waals surface area contributed by atoms with Crippen molar-refractivity contribution in [1.82, 2.24) is 19.5 Å². The van der Waals surface area contributed by atoms with Crippen molar-refractivity contribution in [1.29, 1.82) is 10.5 Å². The van der Waals surface area contributed by atoms with E-state index in [1.54, 1.807) is 30.3 Å². The second-order valence-electron chi connectivity index (χ2n) is 8.02. The summed E-state index contributed by atoms with van der Waals surface area (Å²) in [5.41, 5.74) is 12.7. The Bertz CT molecular complexity index is 1560. The molecule has 2 heterocycles. The Morgan fingerprint density at radius 2 is 1.76 bits per heavy atom. The first-order valence-electron chi connectivity index (χ1n) is 10.6. The normalized spacial score (nSPS) is 13.7. The topological polar surface area (TPSA) is 172 Å². The summed E-state index contributed by atoms with van der Waals surface area (Å²) in [4.78, 5) is 26.7. The van der Waals surface area contributed by atoms with Gasteiger partial charge < -0.3 is 16.8 Å². The summed E-state index contributed by atoms with van der Waals surface area (Å²) >= 11 is 0. The highest BCUT2D eigenvalue weighted by Crippen LogP contribution is 2.43. The zero-order valence-electron chi connectivity index (χ0n) is 17.9. The minimum Gasteiger partial charge on any atom is -0.382 e. The Kier molecular flexibility index (Phi) is 5.04. The Balaban J connectivity index is 1.78. The quantitative estimate of drug-likeness (QED) is 0.414. The van der Waals surface area contributed by atoms with Gasteiger partial charge in [-0.25, -0.2) is 4.98 Å². The maximum Gasteiger partial charge on any atom is 0.267 e. The lowest BCUT2D eigenvalue weighted by atomic mass is 10.1. The van der Waals surface area contributed by atoms with Crippen LogP contribution in [0.2, 0.25) is 0 Å². The highest BCUT2D eigenvalue weighted by Gasteiger charge is 2.37. The molecule has 0 saturated heterocycles. The zero-order chi connectivity index (χ0) is 23.8. The van der Waals surface area contributed by atoms with Crippen LogP contribution in [0.15, 0.2) is 53.3 Å². The van der Waals surface area contributed by atoms with Crippen LogP contribution in [0.25, 0.3) is 16.6 Å². The lowest BCUT2D eigenvalue weighted by Crippen LogP contribution is -2.30. The number of nitrogens with two attached hydrogens (primary N) is 2. The largest absolute Gasteiger partial charge is 0.382 e. The van der Waals surface area contributed by atoms with Gasteiger partial charge >= 0.3 is 0 Å². The molecule has 2 aromatic carbocycles. The second kappa shape index (κ2) is 8.19. The predicted octanol–water partition coefficient (Wildman–Crippen LogP) is 2.65. The molecule has 1 unspecified atom stereocenters. The molecular formula is C24H19N9O. The maximum atomic E-state index is 13.8. The first kappa shape index (κ1) is 20.9. The summed E-state index contributed by atoms with van der Waals surface area (Å²) in [6.45, 7) is 0. The Hall–Kier alpha value is -4.96. The molecule has 10 heteroatoms. The van der Waals surface area contributed by atoms with Crippen molar-refractivity contribution in [3.05, 3.63) is 75.8 Å². The number of benzene rings is 2. The number of hydrogen-bond donors (Lipinski definition) is 3. The van der Waals surface area contributed by atoms with Crippen molar-refractivity contribution < 1.29 is 0 Å². The number of nitriles is 2. The number of para-hydroxylation sites is 1. The number of hydrogen-bond acceptors (Lipinski definition) is 9. The van der Waals surface area contributed by atoms with E-state index in [1.165, 1.54) is 4.57 Å². The summed E-state index contributed by atoms with van der Waals surface area (Å²) in [5.74, 6) is 0.671. The van der Waals surface area contributed by atoms with Gasteiger partial charge in [-0.05, 0) is 43.0 Å². The number of fused-ring (bicyclic) bond motifs is 1. The van der Waals surface area contributed by atoms with Crippen molar-refractivity contribution >= 4 is 28.5 Å². The smallest absolute Gasteiger partial charge is 0.267 e. The Morgan fingerprint density at radius 1 is 1.00 bits per heavy atom. The molecule has 166 valence electrons. The van der Waals surface area contributed by atoms with Crippen molar-refractivity contribution in [2.24, 2.45) is 5.92 Å². The van der Waals surface area contributed by atoms with Gasteiger partial charge in [0.15, 0.2) is 5.82 Å². The lowest BCUT2D eigenvalue weighted by Gasteiger charge is -2.23. The number of nitrogens with zero attached hydrogens (tertiary/aromatic N) is 6. The predicted molar refractivity (Wildman–Crippen MR) is 127 cm³/mol. The van der Waals surface area contributed by atoms with E-state index in [4.69, 9.17) is 16.5 Å². The van der Waals surface area contributed by atoms with Crippen LogP contribution in [0.5, 0.6) is 0 Å². The first-order chi connectivity index (χ1) is 16.5. The fraction of sp³-hybridized carbons (Fsp3) is 0.167. The van der Waals surface area contributed by atoms with Gasteiger partial charge in [-0.15, -0.1) is 0 Å². The fourth-order valence-electron chi connectivity index (χ4n) is 4.06. The van der Waals surface area contributed by atoms with Gasteiger partial charge in [-0.1, -0.05) is 24.3 Å². The molecular weight excluding hydrogens is 430 g/mol. The lowest BCUT2D eigenvalue weighted by molar-refractivity contribution is 0.609. The zero-order valence-corrected chi connectivity index (χ0v) is 17.9. The molecule has 5 N–H and O–H groups in total. The number of rotatable bonds is 5. The highest BCUT2D eigenvalue weighted by molar-refractivity contribution is 5.84. The molecule has 1 fully saturated rings. The average molecular weight is 449 g/mol. The van der Waals surface area contributed by atoms with E-state index in [0.717, 1.165) is 12.8 Å². The monoisotopic (exact) mass is 449 g/mol. The second-order valence-corrected chi connectivity index (χ2v) is 8.02. The molecule has 1 atom stereocenters. The molecule has 1 aliphatic rings. The third kappa shape index (κ3) is 3.53. The van der Waals surface area contributed by atoms with Gasteiger partial charge in [-0.3, -0.25) is 9.36 Å². The van der Waals surface area contributed by atoms with E-state index in [-0.39, 0.29) is 45.6 Å². The van der Waals surface area contributed by atoms with Crippen molar-refractivity contribution in [3.8, 4) is 17.8 Å². The number of nitrogens with one attached hydrogen (secondary N) is 1. The minimum absolute atomic E-state index is 0.0300. The maximum absolute atomic E-state index is 13.8. The van der Waals surface area contributed by atoms with Crippen LogP contribution in [-0.4, -0.2) is 19.5 Å². The van der Waals surface area contributed by atoms with E-state index >= 15 is 0 Å². The third-order valence-corrected chi connectivity index (χ3v) is 5.79. The minimum atomic E-state index is -0.469. The average Bonchev–Trinajstić information content (AvgIpc) is 3.67. The van der Waals surface area contributed by atoms with E-state index in [9.17, 15) is 15.3 Å². The molecule has 0 radical (unpaired) electrons. The van der Waals surface area contributed by atoms with Crippen LogP contribution in [0.4, 0.5) is 17.6 Å². The summed E-state index contributed by atoms with van der Waals surface area (Å²) < 4.78 is 1.51. The molecule has 10 nitrogen and oxygen atoms in total. The van der Waals surface area contributed by atoms with Crippen LogP contribution in [-0.2, 0) is 0 Å². The molecule has 1 aliphatic carbocycles. The highest BCUT2D eigenvalue weighted by atomic mass is 16.1. The summed E-state index contributed by atoms with van der Waals surface area (Å²) in [7, 11) is 0. The van der Waals surface area contributed by atoms with E-state index in [2.05, 4.69) is 21.4 Å². The van der Waals surface area contributed by atoms with Crippen LogP contribution in [0.1, 0.15) is 35.8 Å². The van der Waals surface area contributed by atoms with Gasteiger partial charge in [0.25, 0.3) is 5.56 Å². The number of nitrogen functional groups attached to an aromatic ring is 2. The summed E-state index contributed by atoms with van der Waals surface area (Å²) in [6, 6.07) is 17.8. The Morgan fingerprint density at radius 3 is 2.44 bits per heavy atom. The molecule has 34 heavy (non-hydrogen) atoms. The number of aromatic nitrogens is 4. The van der Waals surface area contributed by atoms with E-state index < -0.39 is 6.04 Å². The van der Waals surface area contributed by atoms with Gasteiger partial charge in [0.05, 0.1) is 28.2 Å².